The van der Waals surface area contributed by atoms with Crippen LogP contribution in [0.2, 0.25) is 0 Å². The van der Waals surface area contributed by atoms with Gasteiger partial charge in [-0.15, -0.1) is 0 Å². The number of ether oxygens (including phenoxy) is 1. The number of phosphoric ester groups is 1. The van der Waals surface area contributed by atoms with Crippen LogP contribution in [0.25, 0.3) is 0 Å². The zero-order valence-corrected chi connectivity index (χ0v) is 36.9. The third kappa shape index (κ3) is 40.9. The Hall–Kier alpha value is -3.60. The molecule has 0 aliphatic rings. The standard InChI is InChI=1S/C47H76NO10P/c1-3-5-7-9-11-13-15-17-19-21-22-23-25-27-29-31-33-35-37-39-46(51)56-40-43(49)41-57-59(54,55)58-42-44(47(52)53)48-45(50)38-36-34-32-30-28-26-24-20-18-16-14-12-10-8-6-4-2/h5,7,11,13-14,16-17,19-20,22-24,27,29,33,35,43-44,49H,3-4,6,8-10,12,15,18,21,25-26,28,30-32,34,36-42H2,1-2H3,(H,48,50)(H,52,53)(H,54,55)/b7-5-,13-11-,16-14-,19-17-,23-22-,24-20-,29-27-,35-33-. The molecule has 0 saturated carbocycles. The summed E-state index contributed by atoms with van der Waals surface area (Å²) in [5, 5.41) is 21.8. The second kappa shape index (κ2) is 41.1. The molecular formula is C47H76NO10P. The quantitative estimate of drug-likeness (QED) is 0.0202. The van der Waals surface area contributed by atoms with E-state index in [0.717, 1.165) is 83.5 Å². The summed E-state index contributed by atoms with van der Waals surface area (Å²) in [7, 11) is -4.78. The number of aliphatic hydroxyl groups is 1. The highest BCUT2D eigenvalue weighted by Crippen LogP contribution is 2.43. The van der Waals surface area contributed by atoms with Crippen molar-refractivity contribution in [3.8, 4) is 0 Å². The fourth-order valence-corrected chi connectivity index (χ4v) is 6.02. The molecule has 59 heavy (non-hydrogen) atoms. The van der Waals surface area contributed by atoms with E-state index < -0.39 is 57.6 Å². The van der Waals surface area contributed by atoms with E-state index in [1.54, 1.807) is 0 Å². The predicted octanol–water partition coefficient (Wildman–Crippen LogP) is 11.3. The van der Waals surface area contributed by atoms with Gasteiger partial charge in [-0.05, 0) is 83.5 Å². The number of hydrogen-bond acceptors (Lipinski definition) is 8. The van der Waals surface area contributed by atoms with Gasteiger partial charge in [0.25, 0.3) is 0 Å². The van der Waals surface area contributed by atoms with Gasteiger partial charge in [-0.25, -0.2) is 9.36 Å². The average molecular weight is 846 g/mol. The second-order valence-corrected chi connectivity index (χ2v) is 15.6. The van der Waals surface area contributed by atoms with Crippen molar-refractivity contribution < 1.29 is 47.8 Å². The molecular weight excluding hydrogens is 769 g/mol. The van der Waals surface area contributed by atoms with E-state index in [-0.39, 0.29) is 12.8 Å². The largest absolute Gasteiger partial charge is 0.480 e. The molecule has 0 radical (unpaired) electrons. The van der Waals surface area contributed by atoms with Crippen LogP contribution in [0.15, 0.2) is 97.2 Å². The summed E-state index contributed by atoms with van der Waals surface area (Å²) in [4.78, 5) is 45.9. The molecule has 0 heterocycles. The lowest BCUT2D eigenvalue weighted by atomic mass is 10.1. The van der Waals surface area contributed by atoms with E-state index >= 15 is 0 Å². The Morgan fingerprint density at radius 1 is 0.559 bits per heavy atom. The van der Waals surface area contributed by atoms with Crippen LogP contribution in [0.1, 0.15) is 149 Å². The van der Waals surface area contributed by atoms with Crippen LogP contribution in [0.5, 0.6) is 0 Å². The summed E-state index contributed by atoms with van der Waals surface area (Å²) in [6.07, 6.45) is 51.6. The fraction of sp³-hybridized carbons (Fsp3) is 0.596. The molecule has 0 spiro atoms. The third-order valence-corrected chi connectivity index (χ3v) is 9.57. The molecule has 4 N–H and O–H groups in total. The number of carbonyl (C=O) groups excluding carboxylic acids is 2. The van der Waals surface area contributed by atoms with Gasteiger partial charge in [0.05, 0.1) is 13.2 Å². The summed E-state index contributed by atoms with van der Waals surface area (Å²) >= 11 is 0. The Kier molecular flexibility index (Phi) is 38.6. The van der Waals surface area contributed by atoms with Gasteiger partial charge in [-0.3, -0.25) is 18.6 Å². The van der Waals surface area contributed by atoms with Gasteiger partial charge in [0, 0.05) is 12.8 Å². The summed E-state index contributed by atoms with van der Waals surface area (Å²) in [6.45, 7) is 2.35. The first-order valence-electron chi connectivity index (χ1n) is 21.8. The van der Waals surface area contributed by atoms with Crippen molar-refractivity contribution in [3.63, 3.8) is 0 Å². The fourth-order valence-electron chi connectivity index (χ4n) is 5.25. The number of aliphatic carboxylic acids is 1. The summed E-state index contributed by atoms with van der Waals surface area (Å²) in [6, 6.07) is -1.57. The lowest BCUT2D eigenvalue weighted by Gasteiger charge is -2.18. The molecule has 0 bridgehead atoms. The topological polar surface area (TPSA) is 169 Å². The smallest absolute Gasteiger partial charge is 0.472 e. The Morgan fingerprint density at radius 3 is 1.51 bits per heavy atom. The number of carboxylic acid groups (broad SMARTS) is 1. The molecule has 0 fully saturated rings. The number of carbonyl (C=O) groups is 3. The van der Waals surface area contributed by atoms with E-state index in [4.69, 9.17) is 13.8 Å². The minimum absolute atomic E-state index is 0.0925. The second-order valence-electron chi connectivity index (χ2n) is 14.1. The SMILES string of the molecule is CC/C=C\C/C=C\C/C=C\C/C=C\C/C=C\C/C=C\CCC(=O)OCC(O)COP(=O)(O)OCC(NC(=O)CCCCCCC/C=C\C/C=C\CCCCCC)C(=O)O. The first kappa shape index (κ1) is 55.4. The molecule has 3 atom stereocenters. The zero-order chi connectivity index (χ0) is 43.5. The number of rotatable bonds is 39. The van der Waals surface area contributed by atoms with Crippen molar-refractivity contribution in [3.05, 3.63) is 97.2 Å². The Balaban J connectivity index is 4.05. The lowest BCUT2D eigenvalue weighted by molar-refractivity contribution is -0.147. The van der Waals surface area contributed by atoms with Crippen LogP contribution >= 0.6 is 7.82 Å². The van der Waals surface area contributed by atoms with Gasteiger partial charge in [0.15, 0.2) is 6.04 Å². The molecule has 0 aromatic carbocycles. The van der Waals surface area contributed by atoms with Gasteiger partial charge in [-0.1, -0.05) is 150 Å². The zero-order valence-electron chi connectivity index (χ0n) is 36.0. The van der Waals surface area contributed by atoms with E-state index in [9.17, 15) is 34.1 Å². The van der Waals surface area contributed by atoms with Crippen LogP contribution in [-0.2, 0) is 32.7 Å². The highest BCUT2D eigenvalue weighted by Gasteiger charge is 2.28. The van der Waals surface area contributed by atoms with Gasteiger partial charge >= 0.3 is 19.8 Å². The molecule has 0 rings (SSSR count). The van der Waals surface area contributed by atoms with E-state index in [0.29, 0.717) is 12.8 Å². The average Bonchev–Trinajstić information content (AvgIpc) is 3.21. The van der Waals surface area contributed by atoms with Crippen LogP contribution < -0.4 is 5.32 Å². The highest BCUT2D eigenvalue weighted by atomic mass is 31.2. The monoisotopic (exact) mass is 846 g/mol. The van der Waals surface area contributed by atoms with Crippen molar-refractivity contribution in [2.75, 3.05) is 19.8 Å². The molecule has 0 aromatic heterocycles. The maximum atomic E-state index is 12.3. The van der Waals surface area contributed by atoms with E-state index in [1.165, 1.54) is 25.7 Å². The van der Waals surface area contributed by atoms with E-state index in [2.05, 4.69) is 98.2 Å². The number of phosphoric acid groups is 1. The minimum Gasteiger partial charge on any atom is -0.480 e. The molecule has 3 unspecified atom stereocenters. The molecule has 1 amide bonds. The number of aliphatic hydroxyl groups excluding tert-OH is 1. The van der Waals surface area contributed by atoms with Crippen LogP contribution in [0, 0.1) is 0 Å². The van der Waals surface area contributed by atoms with Gasteiger partial charge in [0.1, 0.15) is 12.7 Å². The molecule has 334 valence electrons. The van der Waals surface area contributed by atoms with Crippen LogP contribution in [0.4, 0.5) is 0 Å². The van der Waals surface area contributed by atoms with Crippen molar-refractivity contribution in [2.24, 2.45) is 0 Å². The van der Waals surface area contributed by atoms with Gasteiger partial charge in [-0.2, -0.15) is 0 Å². The van der Waals surface area contributed by atoms with Gasteiger partial charge in [0.2, 0.25) is 5.91 Å². The molecule has 0 aliphatic heterocycles. The van der Waals surface area contributed by atoms with Crippen molar-refractivity contribution in [2.45, 2.75) is 161 Å². The maximum Gasteiger partial charge on any atom is 0.472 e. The number of amides is 1. The first-order valence-corrected chi connectivity index (χ1v) is 23.3. The first-order chi connectivity index (χ1) is 28.6. The maximum absolute atomic E-state index is 12.3. The summed E-state index contributed by atoms with van der Waals surface area (Å²) < 4.78 is 26.7. The molecule has 0 saturated heterocycles. The number of esters is 1. The van der Waals surface area contributed by atoms with E-state index in [1.807, 2.05) is 18.2 Å². The predicted molar refractivity (Wildman–Crippen MR) is 240 cm³/mol. The number of hydrogen-bond donors (Lipinski definition) is 4. The number of allylic oxidation sites excluding steroid dienone is 16. The Morgan fingerprint density at radius 2 is 1.00 bits per heavy atom. The normalized spacial score (nSPS) is 14.6. The van der Waals surface area contributed by atoms with Crippen molar-refractivity contribution >= 4 is 25.7 Å². The van der Waals surface area contributed by atoms with Crippen molar-refractivity contribution in [1.29, 1.82) is 0 Å². The molecule has 0 aliphatic carbocycles. The Bertz CT molecular complexity index is 1360. The number of nitrogens with one attached hydrogen (secondary N) is 1. The van der Waals surface area contributed by atoms with Crippen molar-refractivity contribution in [1.82, 2.24) is 5.32 Å². The lowest BCUT2D eigenvalue weighted by Crippen LogP contribution is -2.43. The van der Waals surface area contributed by atoms with Crippen LogP contribution in [0.3, 0.4) is 0 Å². The van der Waals surface area contributed by atoms with Gasteiger partial charge < -0.3 is 25.2 Å². The third-order valence-electron chi connectivity index (χ3n) is 8.62. The molecule has 12 heteroatoms. The number of carboxylic acids is 1. The summed E-state index contributed by atoms with van der Waals surface area (Å²) in [5.41, 5.74) is 0. The summed E-state index contributed by atoms with van der Waals surface area (Å²) in [5.74, 6) is -2.50. The highest BCUT2D eigenvalue weighted by molar-refractivity contribution is 7.47. The van der Waals surface area contributed by atoms with Crippen LogP contribution in [-0.4, -0.2) is 64.9 Å². The Labute approximate surface area is 355 Å². The molecule has 11 nitrogen and oxygen atoms in total. The number of unbranched alkanes of at least 4 members (excludes halogenated alkanes) is 9. The molecule has 0 aromatic rings. The minimum atomic E-state index is -4.78.